The normalized spacial score (nSPS) is 39.8. The molecular formula is C27H44O3. The number of hydrogen-bond donors (Lipinski definition) is 3. The third-order valence-electron chi connectivity index (χ3n) is 8.29. The number of hydrogen-bond acceptors (Lipinski definition) is 3. The molecule has 3 unspecified atom stereocenters. The monoisotopic (exact) mass is 416 g/mol. The highest BCUT2D eigenvalue weighted by Crippen LogP contribution is 2.60. The predicted molar refractivity (Wildman–Crippen MR) is 124 cm³/mol. The Morgan fingerprint density at radius 1 is 1.07 bits per heavy atom. The summed E-state index contributed by atoms with van der Waals surface area (Å²) in [5, 5.41) is 29.9. The molecule has 0 spiro atoms. The zero-order chi connectivity index (χ0) is 21.9. The highest BCUT2D eigenvalue weighted by molar-refractivity contribution is 5.30. The number of aliphatic hydroxyl groups excluding tert-OH is 3. The number of fused-ring (bicyclic) bond motifs is 1. The molecule has 3 aliphatic carbocycles. The molecule has 6 atom stereocenters. The van der Waals surface area contributed by atoms with Crippen molar-refractivity contribution in [1.29, 1.82) is 0 Å². The highest BCUT2D eigenvalue weighted by atomic mass is 16.3. The van der Waals surface area contributed by atoms with Crippen LogP contribution >= 0.6 is 0 Å². The van der Waals surface area contributed by atoms with Gasteiger partial charge in [0.2, 0.25) is 0 Å². The summed E-state index contributed by atoms with van der Waals surface area (Å²) in [5.41, 5.74) is 3.85. The quantitative estimate of drug-likeness (QED) is 0.497. The molecule has 0 aromatic carbocycles. The standard InChI is InChI=1S/C27H44O3/c1-18(2)15-19(3)23-11-12-24-21(7-5-13-27(23,24)4)10-9-20-16-25(29)22(8-6-14-28)26(30)17-20/h8-10,18-19,23-26,28-30H,5-7,11-17H2,1-4H3/b20-9-,21-10+,22-8+/t19-,23?,24?,25?,26+,27+/m0/s1. The van der Waals surface area contributed by atoms with Gasteiger partial charge >= 0.3 is 0 Å². The van der Waals surface area contributed by atoms with Gasteiger partial charge < -0.3 is 15.3 Å². The maximum atomic E-state index is 10.5. The van der Waals surface area contributed by atoms with Gasteiger partial charge in [-0.05, 0) is 92.4 Å². The van der Waals surface area contributed by atoms with E-state index in [4.69, 9.17) is 5.11 Å². The van der Waals surface area contributed by atoms with Gasteiger partial charge in [0.1, 0.15) is 0 Å². The lowest BCUT2D eigenvalue weighted by molar-refractivity contribution is 0.0893. The Kier molecular flexibility index (Phi) is 8.03. The Labute approximate surface area is 184 Å². The molecular weight excluding hydrogens is 372 g/mol. The minimum atomic E-state index is -0.630. The van der Waals surface area contributed by atoms with Gasteiger partial charge in [-0.2, -0.15) is 0 Å². The fraction of sp³-hybridized carbons (Fsp3) is 0.778. The first-order chi connectivity index (χ1) is 14.3. The topological polar surface area (TPSA) is 60.7 Å². The molecule has 3 saturated carbocycles. The van der Waals surface area contributed by atoms with E-state index >= 15 is 0 Å². The Morgan fingerprint density at radius 2 is 1.77 bits per heavy atom. The second-order valence-electron chi connectivity index (χ2n) is 10.9. The molecule has 0 heterocycles. The van der Waals surface area contributed by atoms with Crippen LogP contribution in [-0.4, -0.2) is 34.1 Å². The number of allylic oxidation sites excluding steroid dienone is 3. The SMILES string of the molecule is CC(C)C[C@H](C)C1CCC2/C(=C/C=C3/CC(O)/C(=C\CCO)[C@H](O)C3)CCC[C@@]21C. The molecule has 3 aliphatic rings. The summed E-state index contributed by atoms with van der Waals surface area (Å²) >= 11 is 0. The molecule has 0 amide bonds. The first-order valence-corrected chi connectivity index (χ1v) is 12.3. The van der Waals surface area contributed by atoms with E-state index < -0.39 is 12.2 Å². The maximum absolute atomic E-state index is 10.5. The van der Waals surface area contributed by atoms with Crippen LogP contribution in [0.5, 0.6) is 0 Å². The van der Waals surface area contributed by atoms with E-state index in [-0.39, 0.29) is 6.61 Å². The summed E-state index contributed by atoms with van der Waals surface area (Å²) < 4.78 is 0. The summed E-state index contributed by atoms with van der Waals surface area (Å²) in [7, 11) is 0. The lowest BCUT2D eigenvalue weighted by Gasteiger charge is -2.44. The second kappa shape index (κ2) is 10.1. The van der Waals surface area contributed by atoms with Crippen LogP contribution in [0, 0.1) is 29.1 Å². The Bertz CT molecular complexity index is 658. The van der Waals surface area contributed by atoms with Crippen molar-refractivity contribution in [2.24, 2.45) is 29.1 Å². The Balaban J connectivity index is 1.72. The lowest BCUT2D eigenvalue weighted by atomic mass is 9.60. The van der Waals surface area contributed by atoms with Gasteiger partial charge in [0, 0.05) is 6.61 Å². The smallest absolute Gasteiger partial charge is 0.0812 e. The average Bonchev–Trinajstić information content (AvgIpc) is 3.03. The van der Waals surface area contributed by atoms with Crippen LogP contribution in [0.1, 0.15) is 85.5 Å². The molecule has 30 heavy (non-hydrogen) atoms. The predicted octanol–water partition coefficient (Wildman–Crippen LogP) is 5.56. The summed E-state index contributed by atoms with van der Waals surface area (Å²) in [6, 6.07) is 0. The van der Waals surface area contributed by atoms with E-state index in [0.29, 0.717) is 36.2 Å². The highest BCUT2D eigenvalue weighted by Gasteiger charge is 2.50. The van der Waals surface area contributed by atoms with E-state index in [2.05, 4.69) is 39.8 Å². The van der Waals surface area contributed by atoms with Gasteiger partial charge in [0.15, 0.2) is 0 Å². The van der Waals surface area contributed by atoms with E-state index in [9.17, 15) is 10.2 Å². The van der Waals surface area contributed by atoms with Gasteiger partial charge in [-0.1, -0.05) is 57.1 Å². The molecule has 0 radical (unpaired) electrons. The van der Waals surface area contributed by atoms with Crippen LogP contribution in [-0.2, 0) is 0 Å². The van der Waals surface area contributed by atoms with E-state index in [1.807, 2.05) is 0 Å². The van der Waals surface area contributed by atoms with Gasteiger partial charge in [-0.15, -0.1) is 0 Å². The molecule has 3 fully saturated rings. The van der Waals surface area contributed by atoms with Crippen molar-refractivity contribution >= 4 is 0 Å². The minimum absolute atomic E-state index is 0.0503. The molecule has 0 bridgehead atoms. The first kappa shape index (κ1) is 23.8. The number of aliphatic hydroxyl groups is 3. The van der Waals surface area contributed by atoms with Crippen LogP contribution < -0.4 is 0 Å². The maximum Gasteiger partial charge on any atom is 0.0812 e. The zero-order valence-corrected chi connectivity index (χ0v) is 19.6. The van der Waals surface area contributed by atoms with Crippen LogP contribution in [0.3, 0.4) is 0 Å². The summed E-state index contributed by atoms with van der Waals surface area (Å²) in [6.45, 7) is 9.78. The van der Waals surface area contributed by atoms with Crippen molar-refractivity contribution in [2.75, 3.05) is 6.61 Å². The van der Waals surface area contributed by atoms with Crippen LogP contribution in [0.25, 0.3) is 0 Å². The molecule has 3 rings (SSSR count). The van der Waals surface area contributed by atoms with Crippen molar-refractivity contribution in [3.05, 3.63) is 34.9 Å². The average molecular weight is 417 g/mol. The number of rotatable bonds is 6. The summed E-state index contributed by atoms with van der Waals surface area (Å²) in [5.74, 6) is 3.09. The Morgan fingerprint density at radius 3 is 2.40 bits per heavy atom. The lowest BCUT2D eigenvalue weighted by Crippen LogP contribution is -2.36. The molecule has 3 nitrogen and oxygen atoms in total. The van der Waals surface area contributed by atoms with Crippen molar-refractivity contribution in [3.63, 3.8) is 0 Å². The molecule has 0 saturated heterocycles. The van der Waals surface area contributed by atoms with Crippen molar-refractivity contribution < 1.29 is 15.3 Å². The minimum Gasteiger partial charge on any atom is -0.396 e. The summed E-state index contributed by atoms with van der Waals surface area (Å²) in [4.78, 5) is 0. The Hall–Kier alpha value is -0.900. The largest absolute Gasteiger partial charge is 0.396 e. The fourth-order valence-electron chi connectivity index (χ4n) is 7.02. The summed E-state index contributed by atoms with van der Waals surface area (Å²) in [6.07, 6.45) is 14.6. The molecule has 0 aromatic rings. The third-order valence-corrected chi connectivity index (χ3v) is 8.29. The van der Waals surface area contributed by atoms with Crippen molar-refractivity contribution in [3.8, 4) is 0 Å². The van der Waals surface area contributed by atoms with E-state index in [1.165, 1.54) is 38.5 Å². The van der Waals surface area contributed by atoms with Crippen molar-refractivity contribution in [2.45, 2.75) is 97.7 Å². The van der Waals surface area contributed by atoms with E-state index in [1.54, 1.807) is 11.6 Å². The van der Waals surface area contributed by atoms with Gasteiger partial charge in [0.05, 0.1) is 12.2 Å². The second-order valence-corrected chi connectivity index (χ2v) is 10.9. The van der Waals surface area contributed by atoms with Crippen LogP contribution in [0.15, 0.2) is 34.9 Å². The zero-order valence-electron chi connectivity index (χ0n) is 19.6. The van der Waals surface area contributed by atoms with Crippen molar-refractivity contribution in [1.82, 2.24) is 0 Å². The fourth-order valence-corrected chi connectivity index (χ4v) is 7.02. The third kappa shape index (κ3) is 5.11. The molecule has 3 heteroatoms. The van der Waals surface area contributed by atoms with E-state index in [0.717, 1.165) is 23.3 Å². The molecule has 0 aromatic heterocycles. The first-order valence-electron chi connectivity index (χ1n) is 12.3. The molecule has 0 aliphatic heterocycles. The molecule has 3 N–H and O–H groups in total. The van der Waals surface area contributed by atoms with Gasteiger partial charge in [0.25, 0.3) is 0 Å². The van der Waals surface area contributed by atoms with Gasteiger partial charge in [-0.3, -0.25) is 0 Å². The van der Waals surface area contributed by atoms with Crippen LogP contribution in [0.4, 0.5) is 0 Å². The van der Waals surface area contributed by atoms with Crippen LogP contribution in [0.2, 0.25) is 0 Å². The van der Waals surface area contributed by atoms with Gasteiger partial charge in [-0.25, -0.2) is 0 Å². The molecule has 170 valence electrons.